The van der Waals surface area contributed by atoms with Crippen LogP contribution in [0.1, 0.15) is 5.56 Å². The second-order valence-electron chi connectivity index (χ2n) is 2.43. The first kappa shape index (κ1) is 7.03. The molecule has 0 spiro atoms. The highest BCUT2D eigenvalue weighted by Gasteiger charge is 2.12. The fourth-order valence-electron chi connectivity index (χ4n) is 1.17. The highest BCUT2D eigenvalue weighted by Crippen LogP contribution is 2.23. The average Bonchev–Trinajstić information content (AvgIpc) is 2.50. The molecule has 3 heteroatoms. The van der Waals surface area contributed by atoms with Crippen LogP contribution in [0.2, 0.25) is 0 Å². The molecule has 0 amide bonds. The van der Waals surface area contributed by atoms with Crippen LogP contribution in [0.25, 0.3) is 0 Å². The quantitative estimate of drug-likeness (QED) is 0.576. The average molecular weight is 160 g/mol. The number of para-hydroxylation sites is 1. The minimum atomic E-state index is 0.785. The zero-order chi connectivity index (χ0) is 8.39. The van der Waals surface area contributed by atoms with Gasteiger partial charge in [-0.3, -0.25) is 4.99 Å². The zero-order valence-corrected chi connectivity index (χ0v) is 6.69. The molecule has 1 aromatic rings. The number of rotatable bonds is 1. The normalized spacial score (nSPS) is 16.6. The van der Waals surface area contributed by atoms with Gasteiger partial charge in [0.25, 0.3) is 0 Å². The summed E-state index contributed by atoms with van der Waals surface area (Å²) in [7, 11) is 1.53. The van der Waals surface area contributed by atoms with Crippen molar-refractivity contribution in [1.82, 2.24) is 0 Å². The smallest absolute Gasteiger partial charge is 0.130 e. The van der Waals surface area contributed by atoms with Gasteiger partial charge in [0.05, 0.1) is 11.9 Å². The van der Waals surface area contributed by atoms with Gasteiger partial charge < -0.3 is 4.84 Å². The van der Waals surface area contributed by atoms with E-state index in [0.717, 1.165) is 17.0 Å². The largest absolute Gasteiger partial charge is 0.399 e. The maximum absolute atomic E-state index is 4.68. The summed E-state index contributed by atoms with van der Waals surface area (Å²) in [5.41, 5.74) is 2.76. The molecule has 60 valence electrons. The lowest BCUT2D eigenvalue weighted by Crippen LogP contribution is -1.97. The Morgan fingerprint density at radius 2 is 2.17 bits per heavy atom. The number of nitrogens with zero attached hydrogens (tertiary/aromatic N) is 2. The molecule has 0 fully saturated rings. The van der Waals surface area contributed by atoms with Crippen molar-refractivity contribution in [2.75, 3.05) is 7.11 Å². The second kappa shape index (κ2) is 2.77. The molecule has 0 aliphatic carbocycles. The minimum absolute atomic E-state index is 0.785. The van der Waals surface area contributed by atoms with Crippen LogP contribution < -0.4 is 0 Å². The number of benzene rings is 1. The molecule has 0 saturated carbocycles. The summed E-state index contributed by atoms with van der Waals surface area (Å²) in [5, 5.41) is 3.83. The van der Waals surface area contributed by atoms with E-state index in [0.29, 0.717) is 0 Å². The van der Waals surface area contributed by atoms with Crippen molar-refractivity contribution in [3.8, 4) is 0 Å². The molecule has 12 heavy (non-hydrogen) atoms. The van der Waals surface area contributed by atoms with Crippen LogP contribution in [0.3, 0.4) is 0 Å². The minimum Gasteiger partial charge on any atom is -0.399 e. The molecule has 0 saturated heterocycles. The third kappa shape index (κ3) is 0.993. The van der Waals surface area contributed by atoms with Crippen LogP contribution in [0.5, 0.6) is 0 Å². The van der Waals surface area contributed by atoms with Crippen LogP contribution in [0.4, 0.5) is 5.69 Å². The Kier molecular flexibility index (Phi) is 1.63. The van der Waals surface area contributed by atoms with Crippen LogP contribution in [0, 0.1) is 0 Å². The van der Waals surface area contributed by atoms with Crippen LogP contribution in [0.15, 0.2) is 34.4 Å². The molecule has 1 aliphatic rings. The van der Waals surface area contributed by atoms with Crippen molar-refractivity contribution >= 4 is 17.6 Å². The summed E-state index contributed by atoms with van der Waals surface area (Å²) in [4.78, 5) is 8.84. The maximum atomic E-state index is 4.68. The molecule has 1 aromatic carbocycles. The van der Waals surface area contributed by atoms with Crippen LogP contribution in [-0.2, 0) is 4.84 Å². The Hall–Kier alpha value is -1.64. The number of hydrogen-bond acceptors (Lipinski definition) is 3. The van der Waals surface area contributed by atoms with E-state index in [1.54, 1.807) is 6.21 Å². The number of hydrogen-bond donors (Lipinski definition) is 0. The molecule has 0 aromatic heterocycles. The van der Waals surface area contributed by atoms with Crippen molar-refractivity contribution in [3.05, 3.63) is 29.8 Å². The first-order chi connectivity index (χ1) is 5.92. The van der Waals surface area contributed by atoms with Gasteiger partial charge in [0, 0.05) is 5.56 Å². The molecule has 3 nitrogen and oxygen atoms in total. The van der Waals surface area contributed by atoms with Gasteiger partial charge in [0.15, 0.2) is 0 Å². The predicted molar refractivity (Wildman–Crippen MR) is 48.1 cm³/mol. The molecule has 0 N–H and O–H groups in total. The summed E-state index contributed by atoms with van der Waals surface area (Å²) >= 11 is 0. The molecule has 0 radical (unpaired) electrons. The van der Waals surface area contributed by atoms with Gasteiger partial charge >= 0.3 is 0 Å². The van der Waals surface area contributed by atoms with E-state index < -0.39 is 0 Å². The van der Waals surface area contributed by atoms with Gasteiger partial charge in [-0.1, -0.05) is 23.4 Å². The topological polar surface area (TPSA) is 34.0 Å². The van der Waals surface area contributed by atoms with Crippen molar-refractivity contribution in [3.63, 3.8) is 0 Å². The number of aliphatic imine (C=N–C) groups is 1. The van der Waals surface area contributed by atoms with Gasteiger partial charge in [-0.25, -0.2) is 0 Å². The van der Waals surface area contributed by atoms with E-state index >= 15 is 0 Å². The first-order valence-electron chi connectivity index (χ1n) is 3.66. The summed E-state index contributed by atoms with van der Waals surface area (Å²) in [6, 6.07) is 7.83. The Morgan fingerprint density at radius 3 is 3.00 bits per heavy atom. The zero-order valence-electron chi connectivity index (χ0n) is 6.69. The summed E-state index contributed by atoms with van der Waals surface area (Å²) in [6.07, 6.45) is 1.70. The molecule has 2 rings (SSSR count). The van der Waals surface area contributed by atoms with Gasteiger partial charge in [-0.15, -0.1) is 0 Å². The first-order valence-corrected chi connectivity index (χ1v) is 3.66. The monoisotopic (exact) mass is 160 g/mol. The molecule has 0 bridgehead atoms. The Morgan fingerprint density at radius 1 is 1.33 bits per heavy atom. The van der Waals surface area contributed by atoms with E-state index in [9.17, 15) is 0 Å². The van der Waals surface area contributed by atoms with Gasteiger partial charge in [0.2, 0.25) is 0 Å². The molecule has 0 atom stereocenters. The Balaban J connectivity index is 2.49. The van der Waals surface area contributed by atoms with Crippen molar-refractivity contribution in [2.24, 2.45) is 10.1 Å². The molecule has 1 aliphatic heterocycles. The Labute approximate surface area is 70.4 Å². The van der Waals surface area contributed by atoms with E-state index in [4.69, 9.17) is 0 Å². The van der Waals surface area contributed by atoms with Crippen molar-refractivity contribution < 1.29 is 4.84 Å². The highest BCUT2D eigenvalue weighted by molar-refractivity contribution is 6.42. The van der Waals surface area contributed by atoms with E-state index in [-0.39, 0.29) is 0 Å². The lowest BCUT2D eigenvalue weighted by Gasteiger charge is -1.95. The second-order valence-corrected chi connectivity index (χ2v) is 2.43. The predicted octanol–water partition coefficient (Wildman–Crippen LogP) is 1.75. The lowest BCUT2D eigenvalue weighted by molar-refractivity contribution is 0.214. The summed E-state index contributed by atoms with van der Waals surface area (Å²) < 4.78 is 0. The standard InChI is InChI=1S/C9H8N2O/c1-12-11-9-6-10-8-5-3-2-4-7(8)9/h2-6H,1H3. The number of fused-ring (bicyclic) bond motifs is 1. The van der Waals surface area contributed by atoms with Gasteiger partial charge in [-0.2, -0.15) is 0 Å². The molecular formula is C9H8N2O. The lowest BCUT2D eigenvalue weighted by atomic mass is 10.1. The third-order valence-electron chi connectivity index (χ3n) is 1.70. The van der Waals surface area contributed by atoms with E-state index in [1.807, 2.05) is 24.3 Å². The third-order valence-corrected chi connectivity index (χ3v) is 1.70. The Bertz CT molecular complexity index is 355. The van der Waals surface area contributed by atoms with E-state index in [1.165, 1.54) is 7.11 Å². The summed E-state index contributed by atoms with van der Waals surface area (Å²) in [5.74, 6) is 0. The fourth-order valence-corrected chi connectivity index (χ4v) is 1.17. The van der Waals surface area contributed by atoms with Gasteiger partial charge in [-0.05, 0) is 6.07 Å². The summed E-state index contributed by atoms with van der Waals surface area (Å²) in [6.45, 7) is 0. The van der Waals surface area contributed by atoms with Gasteiger partial charge in [0.1, 0.15) is 12.8 Å². The highest BCUT2D eigenvalue weighted by atomic mass is 16.6. The maximum Gasteiger partial charge on any atom is 0.130 e. The van der Waals surface area contributed by atoms with Crippen LogP contribution in [-0.4, -0.2) is 19.0 Å². The fraction of sp³-hybridized carbons (Fsp3) is 0.111. The SMILES string of the molecule is CON=C1C=Nc2ccccc21. The molecular weight excluding hydrogens is 152 g/mol. The van der Waals surface area contributed by atoms with Crippen molar-refractivity contribution in [2.45, 2.75) is 0 Å². The molecule has 0 unspecified atom stereocenters. The molecule has 1 heterocycles. The number of oxime groups is 1. The van der Waals surface area contributed by atoms with Crippen molar-refractivity contribution in [1.29, 1.82) is 0 Å². The van der Waals surface area contributed by atoms with E-state index in [2.05, 4.69) is 15.0 Å². The van der Waals surface area contributed by atoms with Crippen LogP contribution >= 0.6 is 0 Å².